The van der Waals surface area contributed by atoms with E-state index in [2.05, 4.69) is 126 Å². The number of amides is 3. The van der Waals surface area contributed by atoms with Gasteiger partial charge in [-0.1, -0.05) is 121 Å². The second kappa shape index (κ2) is 31.4. The van der Waals surface area contributed by atoms with Crippen LogP contribution in [0.15, 0.2) is 97.1 Å². The molecule has 0 N–H and O–H groups in total. The molecule has 5 aromatic rings. The van der Waals surface area contributed by atoms with Crippen LogP contribution in [0, 0.1) is 5.82 Å². The lowest BCUT2D eigenvalue weighted by atomic mass is 9.80. The fraction of sp³-hybridized carbons (Fsp3) is 0.593. The number of hydrogen-bond donors (Lipinski definition) is 0. The van der Waals surface area contributed by atoms with Gasteiger partial charge in [0.2, 0.25) is 0 Å². The second-order valence-electron chi connectivity index (χ2n) is 31.8. The van der Waals surface area contributed by atoms with Gasteiger partial charge in [-0.25, -0.2) is 14.0 Å². The van der Waals surface area contributed by atoms with E-state index in [9.17, 15) is 18.8 Å². The van der Waals surface area contributed by atoms with Crippen molar-refractivity contribution in [1.82, 2.24) is 29.4 Å². The summed E-state index contributed by atoms with van der Waals surface area (Å²) in [6.45, 7) is 34.7. The van der Waals surface area contributed by atoms with Crippen LogP contribution in [0.3, 0.4) is 0 Å². The summed E-state index contributed by atoms with van der Waals surface area (Å²) in [7, 11) is 0. The predicted molar refractivity (Wildman–Crippen MR) is 396 cm³/mol. The molecule has 0 unspecified atom stereocenters. The van der Waals surface area contributed by atoms with Gasteiger partial charge in [0.15, 0.2) is 0 Å². The maximum absolute atomic E-state index is 13.4. The minimum absolute atomic E-state index is 0.00996. The molecule has 6 heterocycles. The number of anilines is 3. The first-order valence-electron chi connectivity index (χ1n) is 37.3. The Bertz CT molecular complexity index is 3520. The van der Waals surface area contributed by atoms with Gasteiger partial charge in [0, 0.05) is 169 Å². The predicted octanol–water partition coefficient (Wildman–Crippen LogP) is 16.7. The van der Waals surface area contributed by atoms with E-state index >= 15 is 0 Å². The van der Waals surface area contributed by atoms with Crippen LogP contribution in [0.2, 0.25) is 10.0 Å². The molecule has 530 valence electrons. The van der Waals surface area contributed by atoms with Crippen molar-refractivity contribution in [2.45, 2.75) is 212 Å². The fourth-order valence-electron chi connectivity index (χ4n) is 17.3. The molecule has 3 saturated carbocycles. The Kier molecular flexibility index (Phi) is 23.0. The fourth-order valence-corrected chi connectivity index (χ4v) is 17.9. The number of halogens is 3. The van der Waals surface area contributed by atoms with Crippen LogP contribution >= 0.6 is 23.2 Å². The normalized spacial score (nSPS) is 21.8. The van der Waals surface area contributed by atoms with E-state index in [0.717, 1.165) is 109 Å². The maximum Gasteiger partial charge on any atom is 0.415 e. The Hall–Kier alpha value is -6.10. The molecule has 6 aliphatic heterocycles. The summed E-state index contributed by atoms with van der Waals surface area (Å²) in [5.41, 5.74) is 12.2. The number of rotatable bonds is 9. The Morgan fingerprint density at radius 3 is 1.12 bits per heavy atom. The first kappa shape index (κ1) is 71.7. The molecule has 3 saturated heterocycles. The molecular weight excluding hydrogens is 1270 g/mol. The van der Waals surface area contributed by atoms with E-state index in [1.54, 1.807) is 23.1 Å². The summed E-state index contributed by atoms with van der Waals surface area (Å²) >= 11 is 12.4. The monoisotopic (exact) mass is 1380 g/mol. The third-order valence-electron chi connectivity index (χ3n) is 23.4. The van der Waals surface area contributed by atoms with Crippen molar-refractivity contribution in [2.24, 2.45) is 0 Å². The summed E-state index contributed by atoms with van der Waals surface area (Å²) in [6, 6.07) is 33.8. The Morgan fingerprint density at radius 1 is 0.429 bits per heavy atom. The summed E-state index contributed by atoms with van der Waals surface area (Å²) in [4.78, 5) is 60.3. The quantitative estimate of drug-likeness (QED) is 0.141. The van der Waals surface area contributed by atoms with Gasteiger partial charge < -0.3 is 38.9 Å². The van der Waals surface area contributed by atoms with Crippen LogP contribution in [-0.4, -0.2) is 170 Å². The topological polar surface area (TPSA) is 98.8 Å². The number of ether oxygens (including phenoxy) is 2. The van der Waals surface area contributed by atoms with E-state index in [1.807, 2.05) is 23.6 Å². The van der Waals surface area contributed by atoms with Crippen LogP contribution in [-0.2, 0) is 40.6 Å². The smallest absolute Gasteiger partial charge is 0.415 e. The summed E-state index contributed by atoms with van der Waals surface area (Å²) in [6.07, 6.45) is 18.6. The van der Waals surface area contributed by atoms with Gasteiger partial charge >= 0.3 is 12.2 Å². The zero-order chi connectivity index (χ0) is 68.9. The summed E-state index contributed by atoms with van der Waals surface area (Å²) in [5.74, 6) is 0.00880. The first-order valence-corrected chi connectivity index (χ1v) is 38.1. The molecule has 0 bridgehead atoms. The van der Waals surface area contributed by atoms with Crippen molar-refractivity contribution in [3.63, 3.8) is 0 Å². The van der Waals surface area contributed by atoms with Crippen LogP contribution < -0.4 is 19.4 Å². The summed E-state index contributed by atoms with van der Waals surface area (Å²) < 4.78 is 24.3. The summed E-state index contributed by atoms with van der Waals surface area (Å²) in [5, 5.41) is 0.982. The van der Waals surface area contributed by atoms with E-state index in [4.69, 9.17) is 32.7 Å². The van der Waals surface area contributed by atoms with Gasteiger partial charge in [-0.2, -0.15) is 0 Å². The highest BCUT2D eigenvalue weighted by molar-refractivity contribution is 6.35. The lowest BCUT2D eigenvalue weighted by Crippen LogP contribution is -2.49. The Labute approximate surface area is 595 Å². The molecule has 0 atom stereocenters. The van der Waals surface area contributed by atoms with Crippen molar-refractivity contribution in [3.05, 3.63) is 152 Å². The van der Waals surface area contributed by atoms with E-state index in [0.29, 0.717) is 54.1 Å². The number of fused-ring (bicyclic) bond motifs is 3. The van der Waals surface area contributed by atoms with Crippen molar-refractivity contribution in [1.29, 1.82) is 0 Å². The standard InChI is InChI=1S/C28H35Cl2N3O.C28H36FN3O2.C25H39N3O2/c1-28(2)9-10-33(27(34)20-15-22(29)18-23(30)16-20)19-21-17-25(7-8-26(21)28)32-13-11-31(12-14-32)24-5-3-4-6-24;1-28(2)13-14-32(27(33)34-25-10-7-22(29)8-11-25)20-21-19-24(9-12-26(21)28)31-17-15-30(16-18-31)23-5-3-4-6-23;1-19(2)30-24(29)28-12-11-25(3,4)23-10-9-22(17-20(23)18-28)27-15-13-26(14-16-27)21-7-5-6-8-21/h7-8,15-18,24H,3-6,9-14,19H2,1-2H3;7-12,19,23H,3-6,13-18,20H2,1-2H3;9-10,17,19,21H,5-8,11-16,18H2,1-4H3. The van der Waals surface area contributed by atoms with Crippen molar-refractivity contribution in [3.8, 4) is 5.75 Å². The molecule has 6 fully saturated rings. The third kappa shape index (κ3) is 17.4. The molecule has 9 aliphatic rings. The number of piperazine rings is 3. The highest BCUT2D eigenvalue weighted by Gasteiger charge is 2.37. The molecule has 0 radical (unpaired) electrons. The van der Waals surface area contributed by atoms with Crippen molar-refractivity contribution >= 4 is 58.4 Å². The zero-order valence-corrected chi connectivity index (χ0v) is 61.6. The largest absolute Gasteiger partial charge is 0.447 e. The van der Waals surface area contributed by atoms with Gasteiger partial charge in [0.25, 0.3) is 5.91 Å². The maximum atomic E-state index is 13.4. The SMILES string of the molecule is CC(C)OC(=O)N1CCC(C)(C)c2ccc(N3CCN(C4CCCC4)CC3)cc2C1.CC1(C)CCN(C(=O)Oc2ccc(F)cc2)Cc2cc(N3CCN(C4CCCC4)CC3)ccc21.CC1(C)CCN(C(=O)c2cc(Cl)cc(Cl)c2)Cc2cc(N3CCN(C4CCCC4)CC3)ccc21. The van der Waals surface area contributed by atoms with Crippen molar-refractivity contribution in [2.75, 3.05) is 113 Å². The van der Waals surface area contributed by atoms with Crippen LogP contribution in [0.1, 0.15) is 195 Å². The molecule has 14 nitrogen and oxygen atoms in total. The minimum Gasteiger partial charge on any atom is -0.447 e. The molecule has 5 aromatic carbocycles. The first-order chi connectivity index (χ1) is 47.0. The number of carbonyl (C=O) groups is 3. The van der Waals surface area contributed by atoms with Gasteiger partial charge in [-0.15, -0.1) is 0 Å². The number of hydrogen-bond acceptors (Lipinski definition) is 11. The Balaban J connectivity index is 0.000000140. The van der Waals surface area contributed by atoms with Crippen LogP contribution in [0.5, 0.6) is 5.75 Å². The highest BCUT2D eigenvalue weighted by Crippen LogP contribution is 2.41. The van der Waals surface area contributed by atoms with E-state index < -0.39 is 0 Å². The average Bonchev–Trinajstić information content (AvgIpc) is 1.79. The van der Waals surface area contributed by atoms with Gasteiger partial charge in [0.05, 0.1) is 6.10 Å². The molecule has 0 spiro atoms. The molecule has 3 amide bonds. The zero-order valence-electron chi connectivity index (χ0n) is 60.1. The molecule has 98 heavy (non-hydrogen) atoms. The van der Waals surface area contributed by atoms with Gasteiger partial charge in [-0.3, -0.25) is 19.5 Å². The lowest BCUT2D eigenvalue weighted by molar-refractivity contribution is 0.0732. The molecule has 0 aromatic heterocycles. The third-order valence-corrected chi connectivity index (χ3v) is 23.8. The molecule has 14 rings (SSSR count). The molecule has 3 aliphatic carbocycles. The Morgan fingerprint density at radius 2 is 0.765 bits per heavy atom. The molecule has 17 heteroatoms. The van der Waals surface area contributed by atoms with Gasteiger partial charge in [-0.05, 0) is 200 Å². The van der Waals surface area contributed by atoms with Crippen molar-refractivity contribution < 1.29 is 28.2 Å². The van der Waals surface area contributed by atoms with Crippen LogP contribution in [0.4, 0.5) is 31.0 Å². The average molecular weight is 1380 g/mol. The minimum atomic E-state index is -0.383. The number of carbonyl (C=O) groups excluding carboxylic acids is 3. The van der Waals surface area contributed by atoms with E-state index in [1.165, 1.54) is 165 Å². The van der Waals surface area contributed by atoms with E-state index in [-0.39, 0.29) is 46.3 Å². The highest BCUT2D eigenvalue weighted by atomic mass is 35.5. The van der Waals surface area contributed by atoms with Crippen LogP contribution in [0.25, 0.3) is 0 Å². The van der Waals surface area contributed by atoms with Gasteiger partial charge in [0.1, 0.15) is 11.6 Å². The number of benzene rings is 5. The molecular formula is C81H110Cl2FN9O5. The second-order valence-corrected chi connectivity index (χ2v) is 32.7. The lowest BCUT2D eigenvalue weighted by Gasteiger charge is -2.39. The number of nitrogens with zero attached hydrogens (tertiary/aromatic N) is 9.